The fourth-order valence-electron chi connectivity index (χ4n) is 4.53. The normalized spacial score (nSPS) is 14.1. The largest absolute Gasteiger partial charge is 0.339 e. The van der Waals surface area contributed by atoms with Crippen LogP contribution in [0.4, 0.5) is 14.5 Å². The maximum Gasteiger partial charge on any atom is 0.253 e. The van der Waals surface area contributed by atoms with E-state index in [2.05, 4.69) is 15.5 Å². The van der Waals surface area contributed by atoms with Gasteiger partial charge in [0.1, 0.15) is 24.3 Å². The van der Waals surface area contributed by atoms with Crippen LogP contribution in [0.15, 0.2) is 85.5 Å². The van der Waals surface area contributed by atoms with Gasteiger partial charge in [-0.25, -0.2) is 8.78 Å². The van der Waals surface area contributed by atoms with Crippen LogP contribution in [0.5, 0.6) is 0 Å². The molecule has 38 heavy (non-hydrogen) atoms. The lowest BCUT2D eigenvalue weighted by atomic mass is 9.89. The molecule has 0 atom stereocenters. The Kier molecular flexibility index (Phi) is 7.35. The van der Waals surface area contributed by atoms with Crippen LogP contribution in [-0.4, -0.2) is 44.6 Å². The number of carbonyl (C=O) groups is 2. The van der Waals surface area contributed by atoms with Crippen molar-refractivity contribution in [3.05, 3.63) is 114 Å². The Balaban J connectivity index is 1.12. The molecule has 0 bridgehead atoms. The van der Waals surface area contributed by atoms with E-state index in [1.165, 1.54) is 18.2 Å². The maximum atomic E-state index is 13.7. The van der Waals surface area contributed by atoms with Crippen molar-refractivity contribution in [3.63, 3.8) is 0 Å². The highest BCUT2D eigenvalue weighted by atomic mass is 19.1. The molecule has 1 aliphatic heterocycles. The van der Waals surface area contributed by atoms with Gasteiger partial charge in [-0.2, -0.15) is 0 Å². The van der Waals surface area contributed by atoms with Gasteiger partial charge in [-0.3, -0.25) is 14.2 Å². The molecule has 1 fully saturated rings. The zero-order valence-corrected chi connectivity index (χ0v) is 20.4. The molecule has 5 rings (SSSR count). The Morgan fingerprint density at radius 3 is 2.24 bits per heavy atom. The lowest BCUT2D eigenvalue weighted by Gasteiger charge is -2.32. The van der Waals surface area contributed by atoms with E-state index in [1.807, 2.05) is 53.4 Å². The van der Waals surface area contributed by atoms with Crippen LogP contribution in [0.2, 0.25) is 0 Å². The maximum absolute atomic E-state index is 13.7. The average molecular weight is 514 g/mol. The first-order chi connectivity index (χ1) is 18.5. The van der Waals surface area contributed by atoms with Crippen LogP contribution in [-0.2, 0) is 4.79 Å². The zero-order valence-electron chi connectivity index (χ0n) is 20.4. The summed E-state index contributed by atoms with van der Waals surface area (Å²) in [6.07, 6.45) is 7.43. The predicted octanol–water partition coefficient (Wildman–Crippen LogP) is 5.22. The summed E-state index contributed by atoms with van der Waals surface area (Å²) < 4.78 is 28.5. The number of nitrogens with one attached hydrogen (secondary N) is 1. The van der Waals surface area contributed by atoms with Crippen molar-refractivity contribution in [2.24, 2.45) is 0 Å². The number of amides is 2. The average Bonchev–Trinajstić information content (AvgIpc) is 3.48. The predicted molar refractivity (Wildman–Crippen MR) is 140 cm³/mol. The Bertz CT molecular complexity index is 1440. The second-order valence-corrected chi connectivity index (χ2v) is 9.09. The quantitative estimate of drug-likeness (QED) is 0.359. The SMILES string of the molecule is O=C(/C=C/c1ccc(F)cc1F)Nc1ccc(C2CCN(C(=O)c3ccc(-n4cnnc4)cc3)CC2)cc1. The second-order valence-electron chi connectivity index (χ2n) is 9.09. The molecule has 1 aliphatic rings. The summed E-state index contributed by atoms with van der Waals surface area (Å²) in [7, 11) is 0. The van der Waals surface area contributed by atoms with Crippen LogP contribution in [0.3, 0.4) is 0 Å². The van der Waals surface area contributed by atoms with Crippen molar-refractivity contribution >= 4 is 23.6 Å². The molecule has 0 spiro atoms. The van der Waals surface area contributed by atoms with Gasteiger partial charge in [-0.1, -0.05) is 12.1 Å². The fourth-order valence-corrected chi connectivity index (χ4v) is 4.53. The van der Waals surface area contributed by atoms with E-state index in [1.54, 1.807) is 17.2 Å². The Morgan fingerprint density at radius 1 is 0.895 bits per heavy atom. The third-order valence-electron chi connectivity index (χ3n) is 6.64. The number of benzene rings is 3. The van der Waals surface area contributed by atoms with E-state index >= 15 is 0 Å². The number of piperidine rings is 1. The van der Waals surface area contributed by atoms with Gasteiger partial charge in [0.05, 0.1) is 0 Å². The third kappa shape index (κ3) is 5.83. The first kappa shape index (κ1) is 25.0. The smallest absolute Gasteiger partial charge is 0.253 e. The van der Waals surface area contributed by atoms with Crippen molar-refractivity contribution < 1.29 is 18.4 Å². The number of carbonyl (C=O) groups excluding carboxylic acids is 2. The number of halogens is 2. The molecule has 2 amide bonds. The van der Waals surface area contributed by atoms with Gasteiger partial charge in [-0.15, -0.1) is 10.2 Å². The minimum atomic E-state index is -0.729. The van der Waals surface area contributed by atoms with Gasteiger partial charge in [0, 0.05) is 47.7 Å². The molecule has 1 aromatic heterocycles. The number of hydrogen-bond acceptors (Lipinski definition) is 4. The van der Waals surface area contributed by atoms with E-state index in [4.69, 9.17) is 0 Å². The van der Waals surface area contributed by atoms with Gasteiger partial charge < -0.3 is 10.2 Å². The number of hydrogen-bond donors (Lipinski definition) is 1. The van der Waals surface area contributed by atoms with Gasteiger partial charge in [-0.05, 0) is 78.9 Å². The number of aromatic nitrogens is 3. The van der Waals surface area contributed by atoms with Crippen LogP contribution in [0.25, 0.3) is 11.8 Å². The van der Waals surface area contributed by atoms with Gasteiger partial charge in [0.2, 0.25) is 5.91 Å². The van der Waals surface area contributed by atoms with Crippen LogP contribution in [0.1, 0.15) is 40.2 Å². The zero-order chi connectivity index (χ0) is 26.5. The molecule has 9 heteroatoms. The Hall–Kier alpha value is -4.66. The summed E-state index contributed by atoms with van der Waals surface area (Å²) in [5, 5.41) is 10.3. The summed E-state index contributed by atoms with van der Waals surface area (Å²) in [4.78, 5) is 27.1. The van der Waals surface area contributed by atoms with E-state index in [-0.39, 0.29) is 11.5 Å². The molecular formula is C29H25F2N5O2. The summed E-state index contributed by atoms with van der Waals surface area (Å²) >= 11 is 0. The standard InChI is InChI=1S/C29H25F2N5O2/c30-24-7-1-22(27(31)17-24)6-12-28(37)34-25-8-2-20(3-9-25)21-13-15-35(16-14-21)29(38)23-4-10-26(11-5-23)36-18-32-33-19-36/h1-12,17-19,21H,13-16H2,(H,34,37)/b12-6+. The molecule has 0 radical (unpaired) electrons. The first-order valence-electron chi connectivity index (χ1n) is 12.2. The lowest BCUT2D eigenvalue weighted by Crippen LogP contribution is -2.37. The van der Waals surface area contributed by atoms with Crippen molar-refractivity contribution in [3.8, 4) is 5.69 Å². The summed E-state index contributed by atoms with van der Waals surface area (Å²) in [6, 6.07) is 18.2. The summed E-state index contributed by atoms with van der Waals surface area (Å²) in [6.45, 7) is 1.33. The van der Waals surface area contributed by atoms with Crippen molar-refractivity contribution in [2.75, 3.05) is 18.4 Å². The molecular weight excluding hydrogens is 488 g/mol. The third-order valence-corrected chi connectivity index (χ3v) is 6.64. The highest BCUT2D eigenvalue weighted by molar-refractivity contribution is 6.02. The molecule has 4 aromatic rings. The number of rotatable bonds is 6. The highest BCUT2D eigenvalue weighted by Crippen LogP contribution is 2.29. The Labute approximate surface area is 218 Å². The van der Waals surface area contributed by atoms with Crippen LogP contribution < -0.4 is 5.32 Å². The fraction of sp³-hybridized carbons (Fsp3) is 0.172. The van der Waals surface area contributed by atoms with Gasteiger partial charge >= 0.3 is 0 Å². The molecule has 7 nitrogen and oxygen atoms in total. The molecule has 0 unspecified atom stereocenters. The van der Waals surface area contributed by atoms with E-state index in [0.29, 0.717) is 30.3 Å². The highest BCUT2D eigenvalue weighted by Gasteiger charge is 2.24. The van der Waals surface area contributed by atoms with Crippen LogP contribution >= 0.6 is 0 Å². The molecule has 2 heterocycles. The number of likely N-dealkylation sites (tertiary alicyclic amines) is 1. The lowest BCUT2D eigenvalue weighted by molar-refractivity contribution is -0.111. The molecule has 192 valence electrons. The first-order valence-corrected chi connectivity index (χ1v) is 12.2. The minimum Gasteiger partial charge on any atom is -0.339 e. The summed E-state index contributed by atoms with van der Waals surface area (Å²) in [5.74, 6) is -1.47. The molecule has 3 aromatic carbocycles. The van der Waals surface area contributed by atoms with Gasteiger partial charge in [0.15, 0.2) is 0 Å². The summed E-state index contributed by atoms with van der Waals surface area (Å²) in [5.41, 5.74) is 3.44. The van der Waals surface area contributed by atoms with Crippen molar-refractivity contribution in [2.45, 2.75) is 18.8 Å². The molecule has 0 aliphatic carbocycles. The van der Waals surface area contributed by atoms with Crippen molar-refractivity contribution in [1.82, 2.24) is 19.7 Å². The van der Waals surface area contributed by atoms with Crippen molar-refractivity contribution in [1.29, 1.82) is 0 Å². The molecule has 0 saturated carbocycles. The second kappa shape index (κ2) is 11.2. The van der Waals surface area contributed by atoms with Crippen LogP contribution in [0, 0.1) is 11.6 Å². The van der Waals surface area contributed by atoms with E-state index in [0.717, 1.165) is 36.2 Å². The number of nitrogens with zero attached hydrogens (tertiary/aromatic N) is 4. The van der Waals surface area contributed by atoms with E-state index < -0.39 is 17.5 Å². The molecule has 1 saturated heterocycles. The number of anilines is 1. The Morgan fingerprint density at radius 2 is 1.58 bits per heavy atom. The minimum absolute atomic E-state index is 0.0189. The van der Waals surface area contributed by atoms with E-state index in [9.17, 15) is 18.4 Å². The topological polar surface area (TPSA) is 80.1 Å². The van der Waals surface area contributed by atoms with Gasteiger partial charge in [0.25, 0.3) is 5.91 Å². The molecule has 1 N–H and O–H groups in total. The monoisotopic (exact) mass is 513 g/mol.